The van der Waals surface area contributed by atoms with E-state index in [1.165, 1.54) is 0 Å². The molecule has 0 heterocycles. The van der Waals surface area contributed by atoms with Crippen molar-refractivity contribution in [1.82, 2.24) is 5.32 Å². The summed E-state index contributed by atoms with van der Waals surface area (Å²) in [6, 6.07) is 3.86. The molecule has 0 aromatic heterocycles. The molecule has 1 aromatic carbocycles. The molecule has 8 nitrogen and oxygen atoms in total. The Hall–Kier alpha value is -3.94. The molecule has 0 saturated carbocycles. The molecule has 0 fully saturated rings. The Labute approximate surface area is 301 Å². The Kier molecular flexibility index (Phi) is 15.3. The second kappa shape index (κ2) is 18.9. The molecule has 0 spiro atoms. The van der Waals surface area contributed by atoms with E-state index < -0.39 is 0 Å². The molecule has 2 aliphatic rings. The quantitative estimate of drug-likeness (QED) is 0.106. The molecular formula is C42H63N4O4+. The molecule has 50 heavy (non-hydrogen) atoms. The normalized spacial score (nSPS) is 17.2. The maximum Gasteiger partial charge on any atom is 0.227 e. The lowest BCUT2D eigenvalue weighted by Crippen LogP contribution is -2.35. The number of hydrogen-bond acceptors (Lipinski definition) is 5. The number of ketones is 1. The van der Waals surface area contributed by atoms with Crippen LogP contribution in [0.4, 0.5) is 11.4 Å². The summed E-state index contributed by atoms with van der Waals surface area (Å²) in [4.78, 5) is 43.7. The van der Waals surface area contributed by atoms with E-state index in [2.05, 4.69) is 61.7 Å². The number of hydrogen-bond donors (Lipinski definition) is 3. The van der Waals surface area contributed by atoms with Gasteiger partial charge in [-0.1, -0.05) is 53.4 Å². The van der Waals surface area contributed by atoms with E-state index in [9.17, 15) is 19.5 Å². The summed E-state index contributed by atoms with van der Waals surface area (Å²) < 4.78 is 2.22. The number of aryl methyl sites for hydroxylation is 1. The molecule has 2 atom stereocenters. The van der Waals surface area contributed by atoms with Crippen LogP contribution in [0.5, 0.6) is 0 Å². The van der Waals surface area contributed by atoms with Crippen LogP contribution < -0.4 is 15.5 Å². The number of Topliss-reactive ketones (excluding diaryl/α,β-unsaturated/α-hetero) is 1. The first-order valence-corrected chi connectivity index (χ1v) is 19.2. The van der Waals surface area contributed by atoms with Gasteiger partial charge in [-0.25, -0.2) is 4.58 Å². The van der Waals surface area contributed by atoms with Gasteiger partial charge in [0.2, 0.25) is 23.3 Å². The van der Waals surface area contributed by atoms with Crippen LogP contribution in [-0.2, 0) is 14.4 Å². The molecule has 8 heteroatoms. The first-order chi connectivity index (χ1) is 24.0. The average molecular weight is 688 g/mol. The summed E-state index contributed by atoms with van der Waals surface area (Å²) in [7, 11) is 0. The van der Waals surface area contributed by atoms with Crippen LogP contribution in [0.1, 0.15) is 125 Å². The molecule has 0 saturated heterocycles. The minimum atomic E-state index is -0.311. The lowest BCUT2D eigenvalue weighted by molar-refractivity contribution is -0.519. The highest BCUT2D eigenvalue weighted by molar-refractivity contribution is 6.40. The van der Waals surface area contributed by atoms with Gasteiger partial charge >= 0.3 is 0 Å². The van der Waals surface area contributed by atoms with Crippen molar-refractivity contribution in [2.45, 2.75) is 121 Å². The predicted molar refractivity (Wildman–Crippen MR) is 208 cm³/mol. The maximum atomic E-state index is 14.3. The number of anilines is 2. The number of amides is 2. The lowest BCUT2D eigenvalue weighted by Gasteiger charge is -2.30. The number of aliphatic hydroxyl groups excluding tert-OH is 1. The first kappa shape index (κ1) is 40.5. The third-order valence-electron chi connectivity index (χ3n) is 10.4. The highest BCUT2D eigenvalue weighted by Crippen LogP contribution is 2.44. The Morgan fingerprint density at radius 2 is 1.36 bits per heavy atom. The maximum absolute atomic E-state index is 14.3. The van der Waals surface area contributed by atoms with Gasteiger partial charge in [0.15, 0.2) is 0 Å². The van der Waals surface area contributed by atoms with Crippen LogP contribution in [0.2, 0.25) is 0 Å². The minimum absolute atomic E-state index is 0.0752. The standard InChI is InChI=1S/C42H62N4O4/c1-11-19-21-29(13-3)41(49)43-33-25-35(45(15-5)16-6)27(9)23-31(33)37-39(47)38(40(37)48)32-24-28(10)36(46(17-7)18-8)26-34(32)44-42(50)30(14-4)22-20-12-2/h23-26,29-30H,11-22H2,1-10H3,(H2,43,44,47,48,49,50)/p+1. The third-order valence-corrected chi connectivity index (χ3v) is 10.4. The van der Waals surface area contributed by atoms with Gasteiger partial charge in [0.1, 0.15) is 18.8 Å². The number of carbonyl (C=O) groups is 3. The molecule has 0 radical (unpaired) electrons. The number of unbranched alkanes of at least 4 members (excludes halogenated alkanes) is 2. The summed E-state index contributed by atoms with van der Waals surface area (Å²) in [5.74, 6) is -0.879. The predicted octanol–water partition coefficient (Wildman–Crippen LogP) is 8.81. The molecule has 3 rings (SSSR count). The van der Waals surface area contributed by atoms with Crippen molar-refractivity contribution < 1.29 is 24.1 Å². The molecule has 2 unspecified atom stereocenters. The van der Waals surface area contributed by atoms with E-state index in [1.54, 1.807) is 0 Å². The summed E-state index contributed by atoms with van der Waals surface area (Å²) >= 11 is 0. The van der Waals surface area contributed by atoms with Crippen LogP contribution >= 0.6 is 0 Å². The zero-order valence-electron chi connectivity index (χ0n) is 32.5. The molecule has 3 N–H and O–H groups in total. The van der Waals surface area contributed by atoms with E-state index in [1.807, 2.05) is 52.0 Å². The molecular weight excluding hydrogens is 624 g/mol. The van der Waals surface area contributed by atoms with Gasteiger partial charge in [-0.15, -0.1) is 0 Å². The van der Waals surface area contributed by atoms with Crippen molar-refractivity contribution in [2.24, 2.45) is 11.8 Å². The fourth-order valence-electron chi connectivity index (χ4n) is 7.14. The average Bonchev–Trinajstić information content (AvgIpc) is 3.10. The molecule has 1 aromatic rings. The second-order valence-electron chi connectivity index (χ2n) is 13.6. The summed E-state index contributed by atoms with van der Waals surface area (Å²) in [6.45, 7) is 23.8. The van der Waals surface area contributed by atoms with Crippen LogP contribution in [0.3, 0.4) is 0 Å². The minimum Gasteiger partial charge on any atom is -0.506 e. The lowest BCUT2D eigenvalue weighted by atomic mass is 9.77. The van der Waals surface area contributed by atoms with Crippen LogP contribution in [0.25, 0.3) is 5.57 Å². The van der Waals surface area contributed by atoms with Crippen molar-refractivity contribution in [3.8, 4) is 0 Å². The van der Waals surface area contributed by atoms with Crippen molar-refractivity contribution in [2.75, 3.05) is 36.4 Å². The number of nitrogens with zero attached hydrogens (tertiary/aromatic N) is 2. The number of carbonyl (C=O) groups excluding carboxylic acids is 3. The van der Waals surface area contributed by atoms with Gasteiger partial charge in [-0.2, -0.15) is 0 Å². The van der Waals surface area contributed by atoms with E-state index in [-0.39, 0.29) is 46.3 Å². The van der Waals surface area contributed by atoms with Gasteiger partial charge < -0.3 is 20.6 Å². The fourth-order valence-corrected chi connectivity index (χ4v) is 7.14. The van der Waals surface area contributed by atoms with Gasteiger partial charge in [0.25, 0.3) is 0 Å². The number of benzene rings is 1. The summed E-state index contributed by atoms with van der Waals surface area (Å²) in [5, 5.41) is 18.1. The fraction of sp³-hybridized carbons (Fsp3) is 0.571. The van der Waals surface area contributed by atoms with E-state index in [4.69, 9.17) is 0 Å². The Bertz CT molecular complexity index is 1580. The monoisotopic (exact) mass is 687 g/mol. The third kappa shape index (κ3) is 8.85. The van der Waals surface area contributed by atoms with Crippen LogP contribution in [0, 0.1) is 18.8 Å². The Morgan fingerprint density at radius 1 is 0.800 bits per heavy atom. The molecule has 2 amide bonds. The van der Waals surface area contributed by atoms with Gasteiger partial charge in [0, 0.05) is 53.4 Å². The van der Waals surface area contributed by atoms with Gasteiger partial charge in [0.05, 0.1) is 22.5 Å². The number of allylic oxidation sites excluding steroid dienone is 5. The van der Waals surface area contributed by atoms with Crippen molar-refractivity contribution in [1.29, 1.82) is 0 Å². The summed E-state index contributed by atoms with van der Waals surface area (Å²) in [6.07, 6.45) is 10.8. The smallest absolute Gasteiger partial charge is 0.227 e. The number of nitrogens with one attached hydrogen (secondary N) is 2. The van der Waals surface area contributed by atoms with Crippen molar-refractivity contribution >= 4 is 40.3 Å². The first-order valence-electron chi connectivity index (χ1n) is 19.2. The molecule has 274 valence electrons. The molecule has 0 bridgehead atoms. The van der Waals surface area contributed by atoms with Crippen molar-refractivity contribution in [3.63, 3.8) is 0 Å². The Balaban J connectivity index is 2.23. The summed E-state index contributed by atoms with van der Waals surface area (Å²) in [5.41, 5.74) is 6.29. The topological polar surface area (TPSA) is 102 Å². The molecule has 0 aliphatic heterocycles. The Morgan fingerprint density at radius 3 is 1.84 bits per heavy atom. The highest BCUT2D eigenvalue weighted by Gasteiger charge is 2.40. The van der Waals surface area contributed by atoms with Gasteiger partial charge in [-0.05, 0) is 91.0 Å². The largest absolute Gasteiger partial charge is 0.506 e. The van der Waals surface area contributed by atoms with E-state index in [0.717, 1.165) is 100 Å². The molecule has 2 aliphatic carbocycles. The zero-order chi connectivity index (χ0) is 37.1. The highest BCUT2D eigenvalue weighted by atomic mass is 16.3. The van der Waals surface area contributed by atoms with Gasteiger partial charge in [-0.3, -0.25) is 14.4 Å². The zero-order valence-corrected chi connectivity index (χ0v) is 32.5. The second-order valence-corrected chi connectivity index (χ2v) is 13.6. The van der Waals surface area contributed by atoms with Crippen LogP contribution in [-0.4, -0.2) is 59.2 Å². The number of aliphatic hydroxyl groups is 1. The number of rotatable bonds is 18. The SMILES string of the molecule is CCCCC(CC)C(=O)NC1=CC(=[N+](CC)CC)C(C)=C/C1=C1\C(=O)C(c2cc(C)c(N(CC)CC)cc2NC(=O)C(CC)CCCC)=C1O. The van der Waals surface area contributed by atoms with Crippen molar-refractivity contribution in [3.05, 3.63) is 63.6 Å². The van der Waals surface area contributed by atoms with E-state index in [0.29, 0.717) is 22.5 Å². The van der Waals surface area contributed by atoms with Crippen LogP contribution in [0.15, 0.2) is 52.5 Å². The van der Waals surface area contributed by atoms with E-state index >= 15 is 0 Å².